The van der Waals surface area contributed by atoms with Gasteiger partial charge in [0.25, 0.3) is 5.91 Å². The molecule has 1 amide bonds. The number of aromatic nitrogens is 2. The maximum absolute atomic E-state index is 13.2. The topological polar surface area (TPSA) is 46.9 Å². The van der Waals surface area contributed by atoms with Crippen LogP contribution < -0.4 is 5.32 Å². The molecule has 0 saturated heterocycles. The van der Waals surface area contributed by atoms with E-state index in [0.717, 1.165) is 55.5 Å². The summed E-state index contributed by atoms with van der Waals surface area (Å²) in [5.41, 5.74) is 3.47. The lowest BCUT2D eigenvalue weighted by Gasteiger charge is -2.10. The van der Waals surface area contributed by atoms with Crippen molar-refractivity contribution in [3.05, 3.63) is 47.0 Å². The third-order valence-electron chi connectivity index (χ3n) is 4.71. The highest BCUT2D eigenvalue weighted by Gasteiger charge is 2.25. The number of nitrogens with zero attached hydrogens (tertiary/aromatic N) is 2. The third kappa shape index (κ3) is 3.35. The van der Waals surface area contributed by atoms with E-state index >= 15 is 0 Å². The second kappa shape index (κ2) is 7.16. The van der Waals surface area contributed by atoms with E-state index in [1.165, 1.54) is 12.1 Å². The van der Waals surface area contributed by atoms with Crippen molar-refractivity contribution in [2.24, 2.45) is 0 Å². The minimum atomic E-state index is -0.272. The Hall–Kier alpha value is -2.17. The first-order chi connectivity index (χ1) is 11.6. The smallest absolute Gasteiger partial charge is 0.272 e. The number of rotatable bonds is 4. The molecule has 0 radical (unpaired) electrons. The number of amides is 1. The Morgan fingerprint density at radius 2 is 1.96 bits per heavy atom. The Bertz CT molecular complexity index is 721. The van der Waals surface area contributed by atoms with Crippen molar-refractivity contribution in [3.8, 4) is 5.69 Å². The first kappa shape index (κ1) is 16.7. The van der Waals surface area contributed by atoms with E-state index in [1.807, 2.05) is 18.5 Å². The van der Waals surface area contributed by atoms with Crippen molar-refractivity contribution in [1.29, 1.82) is 0 Å². The number of halogens is 1. The summed E-state index contributed by atoms with van der Waals surface area (Å²) in [6.07, 6.45) is 5.98. The van der Waals surface area contributed by atoms with Gasteiger partial charge in [-0.25, -0.2) is 9.07 Å². The number of carbonyl (C=O) groups excluding carboxylic acids is 1. The largest absolute Gasteiger partial charge is 0.348 e. The van der Waals surface area contributed by atoms with Gasteiger partial charge in [0, 0.05) is 17.3 Å². The van der Waals surface area contributed by atoms with Crippen molar-refractivity contribution in [2.45, 2.75) is 58.4 Å². The van der Waals surface area contributed by atoms with Crippen molar-refractivity contribution in [2.75, 3.05) is 0 Å². The van der Waals surface area contributed by atoms with E-state index in [1.54, 1.807) is 12.1 Å². The first-order valence-corrected chi connectivity index (χ1v) is 8.77. The molecule has 0 aliphatic heterocycles. The maximum atomic E-state index is 13.2. The van der Waals surface area contributed by atoms with Gasteiger partial charge in [0.15, 0.2) is 5.69 Å². The Morgan fingerprint density at radius 3 is 2.67 bits per heavy atom. The quantitative estimate of drug-likeness (QED) is 0.867. The summed E-state index contributed by atoms with van der Waals surface area (Å²) in [5.74, 6) is -0.380. The summed E-state index contributed by atoms with van der Waals surface area (Å²) < 4.78 is 15.1. The van der Waals surface area contributed by atoms with Crippen LogP contribution in [0.25, 0.3) is 5.69 Å². The number of hydrogen-bond acceptors (Lipinski definition) is 2. The van der Waals surface area contributed by atoms with Crippen molar-refractivity contribution in [1.82, 2.24) is 15.1 Å². The minimum absolute atomic E-state index is 0.108. The fourth-order valence-corrected chi connectivity index (χ4v) is 3.15. The summed E-state index contributed by atoms with van der Waals surface area (Å²) in [5, 5.41) is 7.62. The predicted molar refractivity (Wildman–Crippen MR) is 92.0 cm³/mol. The molecule has 1 aromatic carbocycles. The summed E-state index contributed by atoms with van der Waals surface area (Å²) in [6.45, 7) is 4.04. The van der Waals surface area contributed by atoms with Gasteiger partial charge in [-0.2, -0.15) is 5.10 Å². The number of nitrogens with one attached hydrogen (secondary N) is 1. The highest BCUT2D eigenvalue weighted by molar-refractivity contribution is 5.94. The van der Waals surface area contributed by atoms with E-state index in [-0.39, 0.29) is 17.8 Å². The highest BCUT2D eigenvalue weighted by Crippen LogP contribution is 2.26. The Kier molecular flexibility index (Phi) is 4.97. The predicted octanol–water partition coefficient (Wildman–Crippen LogP) is 3.81. The van der Waals surface area contributed by atoms with Gasteiger partial charge in [-0.1, -0.05) is 13.3 Å². The zero-order valence-corrected chi connectivity index (χ0v) is 14.3. The summed E-state index contributed by atoms with van der Waals surface area (Å²) in [7, 11) is 0. The van der Waals surface area contributed by atoms with Crippen LogP contribution in [0.2, 0.25) is 0 Å². The SMILES string of the molecule is CC[C@@H](C)NC(=O)c1nn(-c2ccc(F)cc2)c2c1CCCCC2. The van der Waals surface area contributed by atoms with Gasteiger partial charge >= 0.3 is 0 Å². The van der Waals surface area contributed by atoms with Crippen LogP contribution in [0, 0.1) is 5.82 Å². The van der Waals surface area contributed by atoms with E-state index in [2.05, 4.69) is 10.4 Å². The number of benzene rings is 1. The average molecular weight is 329 g/mol. The molecule has 128 valence electrons. The average Bonchev–Trinajstić information content (AvgIpc) is 2.77. The standard InChI is InChI=1S/C19H24FN3O/c1-3-13(2)21-19(24)18-16-7-5-4-6-8-17(16)23(22-18)15-11-9-14(20)10-12-15/h9-13H,3-8H2,1-2H3,(H,21,24)/t13-/m1/s1. The third-order valence-corrected chi connectivity index (χ3v) is 4.71. The van der Waals surface area contributed by atoms with Crippen LogP contribution >= 0.6 is 0 Å². The Morgan fingerprint density at radius 1 is 1.25 bits per heavy atom. The molecular weight excluding hydrogens is 305 g/mol. The van der Waals surface area contributed by atoms with Gasteiger partial charge in [-0.05, 0) is 63.3 Å². The highest BCUT2D eigenvalue weighted by atomic mass is 19.1. The fourth-order valence-electron chi connectivity index (χ4n) is 3.15. The molecule has 4 nitrogen and oxygen atoms in total. The lowest BCUT2D eigenvalue weighted by atomic mass is 10.1. The second-order valence-electron chi connectivity index (χ2n) is 6.51. The molecule has 0 fully saturated rings. The van der Waals surface area contributed by atoms with E-state index in [9.17, 15) is 9.18 Å². The molecule has 1 heterocycles. The summed E-state index contributed by atoms with van der Waals surface area (Å²) in [6, 6.07) is 6.40. The second-order valence-corrected chi connectivity index (χ2v) is 6.51. The van der Waals surface area contributed by atoms with Gasteiger partial charge in [-0.3, -0.25) is 4.79 Å². The summed E-state index contributed by atoms with van der Waals surface area (Å²) in [4.78, 5) is 12.7. The van der Waals surface area contributed by atoms with E-state index in [4.69, 9.17) is 0 Å². The van der Waals surface area contributed by atoms with E-state index in [0.29, 0.717) is 5.69 Å². The van der Waals surface area contributed by atoms with Gasteiger partial charge in [-0.15, -0.1) is 0 Å². The van der Waals surface area contributed by atoms with Crippen LogP contribution in [-0.4, -0.2) is 21.7 Å². The van der Waals surface area contributed by atoms with Gasteiger partial charge in [0.05, 0.1) is 5.69 Å². The van der Waals surface area contributed by atoms with Crippen LogP contribution in [0.1, 0.15) is 61.3 Å². The molecule has 0 saturated carbocycles. The van der Waals surface area contributed by atoms with Crippen molar-refractivity contribution < 1.29 is 9.18 Å². The Labute approximate surface area is 142 Å². The lowest BCUT2D eigenvalue weighted by Crippen LogP contribution is -2.32. The number of fused-ring (bicyclic) bond motifs is 1. The summed E-state index contributed by atoms with van der Waals surface area (Å²) >= 11 is 0. The number of carbonyl (C=O) groups is 1. The van der Waals surface area contributed by atoms with Gasteiger partial charge in [0.1, 0.15) is 5.82 Å². The molecule has 1 atom stereocenters. The zero-order chi connectivity index (χ0) is 17.1. The molecule has 1 aromatic heterocycles. The molecule has 5 heteroatoms. The van der Waals surface area contributed by atoms with Crippen LogP contribution in [0.15, 0.2) is 24.3 Å². The van der Waals surface area contributed by atoms with Gasteiger partial charge < -0.3 is 5.32 Å². The molecule has 0 bridgehead atoms. The molecule has 0 spiro atoms. The molecule has 1 aliphatic rings. The van der Waals surface area contributed by atoms with Crippen LogP contribution in [0.3, 0.4) is 0 Å². The zero-order valence-electron chi connectivity index (χ0n) is 14.3. The van der Waals surface area contributed by atoms with Gasteiger partial charge in [0.2, 0.25) is 0 Å². The van der Waals surface area contributed by atoms with Crippen molar-refractivity contribution in [3.63, 3.8) is 0 Å². The molecule has 3 rings (SSSR count). The molecule has 24 heavy (non-hydrogen) atoms. The normalized spacial score (nSPS) is 15.5. The maximum Gasteiger partial charge on any atom is 0.272 e. The number of hydrogen-bond donors (Lipinski definition) is 1. The monoisotopic (exact) mass is 329 g/mol. The van der Waals surface area contributed by atoms with Crippen LogP contribution in [-0.2, 0) is 12.8 Å². The molecule has 2 aromatic rings. The molecule has 1 aliphatic carbocycles. The van der Waals surface area contributed by atoms with Crippen molar-refractivity contribution >= 4 is 5.91 Å². The lowest BCUT2D eigenvalue weighted by molar-refractivity contribution is 0.0933. The molecule has 0 unspecified atom stereocenters. The van der Waals surface area contributed by atoms with Crippen LogP contribution in [0.5, 0.6) is 0 Å². The Balaban J connectivity index is 2.03. The molecule has 1 N–H and O–H groups in total. The van der Waals surface area contributed by atoms with Crippen LogP contribution in [0.4, 0.5) is 4.39 Å². The fraction of sp³-hybridized carbons (Fsp3) is 0.474. The first-order valence-electron chi connectivity index (χ1n) is 8.77. The molecular formula is C19H24FN3O. The van der Waals surface area contributed by atoms with E-state index < -0.39 is 0 Å². The minimum Gasteiger partial charge on any atom is -0.348 e.